The number of anilines is 6. The average Bonchev–Trinajstić information content (AvgIpc) is 3.01. The lowest BCUT2D eigenvalue weighted by Crippen LogP contribution is -2.06. The molecule has 4 aromatic heterocycles. The molecule has 6 N–H and O–H groups in total. The molecule has 0 spiro atoms. The van der Waals surface area contributed by atoms with Crippen molar-refractivity contribution in [3.8, 4) is 22.8 Å². The average molecular weight is 841 g/mol. The molecule has 46 heavy (non-hydrogen) atoms. The maximum atomic E-state index is 6.09. The van der Waals surface area contributed by atoms with Crippen molar-refractivity contribution in [1.29, 1.82) is 0 Å². The molecule has 0 atom stereocenters. The number of nitrogens with one attached hydrogen (secondary N) is 2. The largest absolute Gasteiger partial charge is 0.368 e. The summed E-state index contributed by atoms with van der Waals surface area (Å²) < 4.78 is 2.20. The second-order valence-corrected chi connectivity index (χ2v) is 14.2. The fraction of sp³-hybridized carbons (Fsp3) is 0.0345. The van der Waals surface area contributed by atoms with Crippen LogP contribution in [-0.2, 0) is 0 Å². The summed E-state index contributed by atoms with van der Waals surface area (Å²) in [7, 11) is 3.12. The van der Waals surface area contributed by atoms with Crippen LogP contribution in [0.4, 0.5) is 35.2 Å². The zero-order chi connectivity index (χ0) is 32.2. The third-order valence-electron chi connectivity index (χ3n) is 6.18. The van der Waals surface area contributed by atoms with E-state index in [-0.39, 0.29) is 11.9 Å². The van der Waals surface area contributed by atoms with Crippen molar-refractivity contribution < 1.29 is 0 Å². The quantitative estimate of drug-likeness (QED) is 0.102. The Hall–Kier alpha value is -3.90. The van der Waals surface area contributed by atoms with Crippen molar-refractivity contribution in [2.45, 2.75) is 16.7 Å². The number of pyridine rings is 2. The molecular weight excluding hydrogens is 820 g/mol. The minimum atomic E-state index is 0.0798. The van der Waals surface area contributed by atoms with E-state index in [2.05, 4.69) is 98.3 Å². The molecule has 0 fully saturated rings. The molecule has 17 heteroatoms. The fourth-order valence-electron chi connectivity index (χ4n) is 4.18. The topological polar surface area (TPSA) is 179 Å². The highest BCUT2D eigenvalue weighted by molar-refractivity contribution is 9.11. The zero-order valence-electron chi connectivity index (χ0n) is 23.6. The second kappa shape index (κ2) is 14.3. The van der Waals surface area contributed by atoms with Gasteiger partial charge in [0.25, 0.3) is 0 Å². The molecule has 230 valence electrons. The molecule has 6 aromatic rings. The number of hydrogen-bond acceptors (Lipinski definition) is 14. The summed E-state index contributed by atoms with van der Waals surface area (Å²) in [4.78, 5) is 36.9. The number of nitrogen functional groups attached to an aromatic ring is 2. The normalized spacial score (nSPS) is 11.0. The van der Waals surface area contributed by atoms with Crippen molar-refractivity contribution >= 4 is 105 Å². The third kappa shape index (κ3) is 7.39. The Balaban J connectivity index is 1.23. The molecule has 0 amide bonds. The standard InChI is InChI=1S/C29H21Br3N12S2/c1-14-10-35-11-15(30)22(14)24-39-26(33)43-28(41-24)37-18-6-2-4-8-20(18)45-46-21-9-5-3-7-19(21)38-29-42-25(40-27(34)44-29)23-16(31)12-36-13-17(23)32/h2-13H,1H3,(H3,33,37,39,41,43)(H3,34,38,40,42,44). The van der Waals surface area contributed by atoms with E-state index in [1.54, 1.807) is 46.4 Å². The van der Waals surface area contributed by atoms with Crippen molar-refractivity contribution in [1.82, 2.24) is 39.9 Å². The summed E-state index contributed by atoms with van der Waals surface area (Å²) in [5.41, 5.74) is 16.2. The van der Waals surface area contributed by atoms with Crippen molar-refractivity contribution in [2.75, 3.05) is 22.1 Å². The lowest BCUT2D eigenvalue weighted by atomic mass is 10.1. The number of nitrogens with zero attached hydrogens (tertiary/aromatic N) is 8. The van der Waals surface area contributed by atoms with E-state index in [4.69, 9.17) is 11.5 Å². The number of aryl methyl sites for hydroxylation is 1. The molecule has 6 rings (SSSR count). The number of rotatable bonds is 9. The second-order valence-electron chi connectivity index (χ2n) is 9.38. The van der Waals surface area contributed by atoms with Crippen molar-refractivity contribution in [3.63, 3.8) is 0 Å². The molecule has 0 bridgehead atoms. The lowest BCUT2D eigenvalue weighted by molar-refractivity contribution is 1.06. The first kappa shape index (κ1) is 32.1. The number of benzene rings is 2. The van der Waals surface area contributed by atoms with Crippen LogP contribution in [0.5, 0.6) is 0 Å². The molecule has 4 heterocycles. The van der Waals surface area contributed by atoms with Gasteiger partial charge in [-0.15, -0.1) is 0 Å². The van der Waals surface area contributed by atoms with E-state index in [0.29, 0.717) is 29.1 Å². The van der Waals surface area contributed by atoms with Gasteiger partial charge < -0.3 is 22.1 Å². The van der Waals surface area contributed by atoms with Crippen LogP contribution in [0.1, 0.15) is 5.56 Å². The maximum absolute atomic E-state index is 6.09. The summed E-state index contributed by atoms with van der Waals surface area (Å²) in [5, 5.41) is 6.62. The monoisotopic (exact) mass is 838 g/mol. The van der Waals surface area contributed by atoms with Crippen LogP contribution in [0.15, 0.2) is 96.5 Å². The summed E-state index contributed by atoms with van der Waals surface area (Å²) in [6.45, 7) is 1.93. The predicted molar refractivity (Wildman–Crippen MR) is 194 cm³/mol. The van der Waals surface area contributed by atoms with E-state index in [9.17, 15) is 0 Å². The summed E-state index contributed by atoms with van der Waals surface area (Å²) in [6, 6.07) is 15.7. The highest BCUT2D eigenvalue weighted by Crippen LogP contribution is 2.44. The van der Waals surface area contributed by atoms with E-state index < -0.39 is 0 Å². The Labute approximate surface area is 296 Å². The van der Waals surface area contributed by atoms with E-state index in [1.165, 1.54) is 0 Å². The molecule has 0 aliphatic heterocycles. The van der Waals surface area contributed by atoms with E-state index in [1.807, 2.05) is 55.5 Å². The van der Waals surface area contributed by atoms with Gasteiger partial charge in [0.1, 0.15) is 0 Å². The first-order chi connectivity index (χ1) is 22.2. The van der Waals surface area contributed by atoms with Gasteiger partial charge >= 0.3 is 0 Å². The highest BCUT2D eigenvalue weighted by Gasteiger charge is 2.17. The molecule has 0 aliphatic rings. The fourth-order valence-corrected chi connectivity index (χ4v) is 8.34. The van der Waals surface area contributed by atoms with Gasteiger partial charge in [0.15, 0.2) is 11.6 Å². The molecule has 0 radical (unpaired) electrons. The Kier molecular flexibility index (Phi) is 9.93. The number of hydrogen-bond donors (Lipinski definition) is 4. The van der Waals surface area contributed by atoms with Gasteiger partial charge in [0, 0.05) is 53.6 Å². The van der Waals surface area contributed by atoms with Gasteiger partial charge in [-0.25, -0.2) is 0 Å². The Morgan fingerprint density at radius 1 is 0.565 bits per heavy atom. The SMILES string of the molecule is Cc1cncc(Br)c1-c1nc(N)nc(Nc2ccccc2SSc2ccccc2Nc2nc(N)nc(-c3c(Br)cncc3Br)n2)n1. The van der Waals surface area contributed by atoms with Crippen LogP contribution in [0.25, 0.3) is 22.8 Å². The van der Waals surface area contributed by atoms with Gasteiger partial charge in [-0.3, -0.25) is 9.97 Å². The van der Waals surface area contributed by atoms with Gasteiger partial charge in [-0.1, -0.05) is 45.9 Å². The van der Waals surface area contributed by atoms with Crippen LogP contribution >= 0.6 is 69.4 Å². The molecule has 2 aromatic carbocycles. The van der Waals surface area contributed by atoms with Crippen LogP contribution in [0.3, 0.4) is 0 Å². The minimum Gasteiger partial charge on any atom is -0.368 e. The molecule has 0 unspecified atom stereocenters. The zero-order valence-corrected chi connectivity index (χ0v) is 30.0. The van der Waals surface area contributed by atoms with Crippen LogP contribution in [-0.4, -0.2) is 39.9 Å². The Bertz CT molecular complexity index is 1880. The highest BCUT2D eigenvalue weighted by atomic mass is 79.9. The van der Waals surface area contributed by atoms with Gasteiger partial charge in [-0.05, 0) is 84.5 Å². The summed E-state index contributed by atoms with van der Waals surface area (Å²) in [5.74, 6) is 1.63. The summed E-state index contributed by atoms with van der Waals surface area (Å²) in [6.07, 6.45) is 6.77. The third-order valence-corrected chi connectivity index (χ3v) is 10.5. The molecule has 0 aliphatic carbocycles. The van der Waals surface area contributed by atoms with E-state index in [0.717, 1.165) is 45.7 Å². The molecule has 0 saturated heterocycles. The number of halogens is 3. The summed E-state index contributed by atoms with van der Waals surface area (Å²) >= 11 is 10.6. The predicted octanol–water partition coefficient (Wildman–Crippen LogP) is 8.23. The van der Waals surface area contributed by atoms with Crippen LogP contribution in [0.2, 0.25) is 0 Å². The molecule has 12 nitrogen and oxygen atoms in total. The smallest absolute Gasteiger partial charge is 0.232 e. The van der Waals surface area contributed by atoms with Gasteiger partial charge in [0.2, 0.25) is 23.8 Å². The first-order valence-electron chi connectivity index (χ1n) is 13.2. The Morgan fingerprint density at radius 2 is 1.00 bits per heavy atom. The van der Waals surface area contributed by atoms with Gasteiger partial charge in [-0.2, -0.15) is 29.9 Å². The van der Waals surface area contributed by atoms with Crippen LogP contribution in [0, 0.1) is 6.92 Å². The van der Waals surface area contributed by atoms with E-state index >= 15 is 0 Å². The number of aromatic nitrogens is 8. The minimum absolute atomic E-state index is 0.0798. The first-order valence-corrected chi connectivity index (χ1v) is 17.8. The van der Waals surface area contributed by atoms with Crippen LogP contribution < -0.4 is 22.1 Å². The molecular formula is C29H21Br3N12S2. The Morgan fingerprint density at radius 3 is 1.50 bits per heavy atom. The molecule has 0 saturated carbocycles. The van der Waals surface area contributed by atoms with Gasteiger partial charge in [0.05, 0.1) is 16.9 Å². The number of nitrogens with two attached hydrogens (primary N) is 2. The van der Waals surface area contributed by atoms with Crippen molar-refractivity contribution in [3.05, 3.63) is 92.3 Å². The lowest BCUT2D eigenvalue weighted by Gasteiger charge is -2.14. The maximum Gasteiger partial charge on any atom is 0.232 e. The number of para-hydroxylation sites is 2. The van der Waals surface area contributed by atoms with Crippen molar-refractivity contribution in [2.24, 2.45) is 0 Å².